The van der Waals surface area contributed by atoms with Crippen molar-refractivity contribution in [2.45, 2.75) is 29.9 Å². The third kappa shape index (κ3) is 6.17. The number of imidazole rings is 2. The predicted molar refractivity (Wildman–Crippen MR) is 167 cm³/mol. The average Bonchev–Trinajstić information content (AvgIpc) is 3.68. The Morgan fingerprint density at radius 3 is 1.09 bits per heavy atom. The molecule has 0 radical (unpaired) electrons. The molecule has 0 aliphatic heterocycles. The predicted octanol–water partition coefficient (Wildman–Crippen LogP) is 6.11. The third-order valence-corrected chi connectivity index (χ3v) is 12.1. The van der Waals surface area contributed by atoms with Crippen LogP contribution in [0.1, 0.15) is 0 Å². The molecule has 4 N–H and O–H groups in total. The second kappa shape index (κ2) is 12.6. The van der Waals surface area contributed by atoms with Crippen LogP contribution in [0.25, 0.3) is 22.8 Å². The molecule has 0 amide bonds. The van der Waals surface area contributed by atoms with Crippen LogP contribution in [0, 0.1) is 0 Å². The number of hydrogen-bond acceptors (Lipinski definition) is 8. The topological polar surface area (TPSA) is 157 Å². The minimum atomic E-state index is -3.98. The normalized spacial score (nSPS) is 11.6. The Labute approximate surface area is 256 Å². The molecule has 0 saturated carbocycles. The maximum atomic E-state index is 13.7. The molecule has 9 nitrogen and oxygen atoms in total. The van der Waals surface area contributed by atoms with Gasteiger partial charge in [0.05, 0.1) is 9.79 Å². The van der Waals surface area contributed by atoms with Crippen molar-refractivity contribution < 1.29 is 22.3 Å². The Morgan fingerprint density at radius 2 is 0.767 bits per heavy atom. The second-order valence-corrected chi connectivity index (χ2v) is 14.9. The van der Waals surface area contributed by atoms with Gasteiger partial charge in [0.1, 0.15) is 21.7 Å². The molecular weight excluding hydrogens is 625 g/mol. The van der Waals surface area contributed by atoms with Crippen molar-refractivity contribution in [3.63, 3.8) is 0 Å². The Hall–Kier alpha value is -4.14. The molecule has 0 saturated heterocycles. The molecule has 13 heteroatoms. The number of H-pyrrole nitrogens is 2. The molecular formula is C30H24N4O5S4. The van der Waals surface area contributed by atoms with Crippen LogP contribution in [0.3, 0.4) is 0 Å². The molecule has 2 heterocycles. The fraction of sp³-hybridized carbons (Fsp3) is 0. The van der Waals surface area contributed by atoms with E-state index in [4.69, 9.17) is 0 Å². The zero-order valence-corrected chi connectivity index (χ0v) is 25.5. The summed E-state index contributed by atoms with van der Waals surface area (Å²) in [6, 6.07) is 34.5. The van der Waals surface area contributed by atoms with Crippen LogP contribution in [0.4, 0.5) is 0 Å². The Bertz CT molecular complexity index is 1900. The number of aromatic nitrogens is 4. The molecule has 0 unspecified atom stereocenters. The molecule has 0 fully saturated rings. The van der Waals surface area contributed by atoms with Gasteiger partial charge in [-0.1, -0.05) is 97.1 Å². The molecule has 218 valence electrons. The molecule has 2 aromatic heterocycles. The molecule has 4 aromatic carbocycles. The Kier molecular flexibility index (Phi) is 8.89. The summed E-state index contributed by atoms with van der Waals surface area (Å²) in [6.07, 6.45) is 0. The zero-order chi connectivity index (χ0) is 29.2. The monoisotopic (exact) mass is 648 g/mol. The van der Waals surface area contributed by atoms with E-state index >= 15 is 0 Å². The van der Waals surface area contributed by atoms with Crippen molar-refractivity contribution in [2.24, 2.45) is 0 Å². The first-order chi connectivity index (χ1) is 20.3. The number of benzene rings is 4. The lowest BCUT2D eigenvalue weighted by molar-refractivity contribution is 0.588. The van der Waals surface area contributed by atoms with Gasteiger partial charge in [-0.25, -0.2) is 26.8 Å². The highest BCUT2D eigenvalue weighted by molar-refractivity contribution is 8.76. The summed E-state index contributed by atoms with van der Waals surface area (Å²) < 4.78 is 54.8. The van der Waals surface area contributed by atoms with Crippen LogP contribution in [-0.2, 0) is 19.7 Å². The van der Waals surface area contributed by atoms with E-state index in [1.807, 2.05) is 60.7 Å². The molecule has 6 aromatic rings. The number of sulfone groups is 2. The van der Waals surface area contributed by atoms with Crippen molar-refractivity contribution in [1.29, 1.82) is 0 Å². The van der Waals surface area contributed by atoms with E-state index in [1.54, 1.807) is 36.4 Å². The summed E-state index contributed by atoms with van der Waals surface area (Å²) in [4.78, 5) is 15.5. The number of hydrogen-bond donors (Lipinski definition) is 2. The SMILES string of the molecule is O.O=S(=O)(c1ccccc1)c1[nH]c(-c2ccccc2)nc1SSc1nc(-c2ccccc2)[nH]c1S(=O)(=O)c1ccccc1. The third-order valence-electron chi connectivity index (χ3n) is 6.22. The molecule has 0 aliphatic rings. The van der Waals surface area contributed by atoms with Gasteiger partial charge in [-0.3, -0.25) is 0 Å². The second-order valence-electron chi connectivity index (χ2n) is 8.97. The molecule has 0 aliphatic carbocycles. The lowest BCUT2D eigenvalue weighted by atomic mass is 10.2. The van der Waals surface area contributed by atoms with E-state index < -0.39 is 19.7 Å². The highest BCUT2D eigenvalue weighted by Crippen LogP contribution is 2.44. The smallest absolute Gasteiger partial charge is 0.224 e. The van der Waals surface area contributed by atoms with Gasteiger partial charge in [-0.15, -0.1) is 0 Å². The number of nitrogens with zero attached hydrogens (tertiary/aromatic N) is 2. The number of rotatable bonds is 9. The standard InChI is InChI=1S/C30H22N4O4S4.H2O/c35-41(36,23-17-9-3-10-18-23)29-27(31-25(33-29)21-13-5-1-6-14-21)39-40-28-30(42(37,38)24-19-11-4-12-20-24)34-26(32-28)22-15-7-2-8-16-22;/h1-20H,(H,31,33)(H,32,34);1H2. The van der Waals surface area contributed by atoms with Crippen molar-refractivity contribution in [2.75, 3.05) is 0 Å². The van der Waals surface area contributed by atoms with Crippen LogP contribution in [0.2, 0.25) is 0 Å². The van der Waals surface area contributed by atoms with E-state index in [9.17, 15) is 16.8 Å². The van der Waals surface area contributed by atoms with E-state index in [-0.39, 0.29) is 35.4 Å². The zero-order valence-electron chi connectivity index (χ0n) is 22.2. The quantitative estimate of drug-likeness (QED) is 0.178. The molecule has 6 rings (SSSR count). The van der Waals surface area contributed by atoms with E-state index in [1.165, 1.54) is 24.3 Å². The fourth-order valence-corrected chi connectivity index (χ4v) is 9.74. The van der Waals surface area contributed by atoms with Gasteiger partial charge >= 0.3 is 0 Å². The van der Waals surface area contributed by atoms with Gasteiger partial charge in [-0.05, 0) is 45.9 Å². The van der Waals surface area contributed by atoms with Gasteiger partial charge in [0.2, 0.25) is 19.7 Å². The summed E-state index contributed by atoms with van der Waals surface area (Å²) in [6.45, 7) is 0. The highest BCUT2D eigenvalue weighted by Gasteiger charge is 2.30. The van der Waals surface area contributed by atoms with Crippen LogP contribution < -0.4 is 0 Å². The van der Waals surface area contributed by atoms with Crippen molar-refractivity contribution in [3.8, 4) is 22.8 Å². The average molecular weight is 649 g/mol. The number of aromatic amines is 2. The Balaban J connectivity index is 0.00000368. The van der Waals surface area contributed by atoms with Crippen molar-refractivity contribution in [1.82, 2.24) is 19.9 Å². The van der Waals surface area contributed by atoms with E-state index in [0.29, 0.717) is 22.8 Å². The van der Waals surface area contributed by atoms with Crippen molar-refractivity contribution in [3.05, 3.63) is 121 Å². The maximum Gasteiger partial charge on any atom is 0.224 e. The lowest BCUT2D eigenvalue weighted by Gasteiger charge is -2.06. The Morgan fingerprint density at radius 1 is 0.465 bits per heavy atom. The van der Waals surface area contributed by atoms with Crippen LogP contribution in [0.5, 0.6) is 0 Å². The summed E-state index contributed by atoms with van der Waals surface area (Å²) in [5.41, 5.74) is 1.41. The van der Waals surface area contributed by atoms with Gasteiger partial charge in [0.25, 0.3) is 0 Å². The van der Waals surface area contributed by atoms with Gasteiger partial charge in [-0.2, -0.15) is 0 Å². The molecule has 0 atom stereocenters. The van der Waals surface area contributed by atoms with Gasteiger partial charge in [0, 0.05) is 11.1 Å². The van der Waals surface area contributed by atoms with Crippen LogP contribution in [-0.4, -0.2) is 42.2 Å². The first-order valence-electron chi connectivity index (χ1n) is 12.6. The summed E-state index contributed by atoms with van der Waals surface area (Å²) >= 11 is 0. The molecule has 0 spiro atoms. The lowest BCUT2D eigenvalue weighted by Crippen LogP contribution is -2.04. The van der Waals surface area contributed by atoms with Gasteiger partial charge < -0.3 is 15.4 Å². The van der Waals surface area contributed by atoms with Crippen LogP contribution >= 0.6 is 21.6 Å². The first-order valence-corrected chi connectivity index (χ1v) is 17.7. The van der Waals surface area contributed by atoms with Gasteiger partial charge in [0.15, 0.2) is 10.1 Å². The molecule has 0 bridgehead atoms. The maximum absolute atomic E-state index is 13.7. The minimum Gasteiger partial charge on any atom is -0.412 e. The molecule has 43 heavy (non-hydrogen) atoms. The summed E-state index contributed by atoms with van der Waals surface area (Å²) in [5, 5.41) is 0.178. The highest BCUT2D eigenvalue weighted by atomic mass is 33.1. The van der Waals surface area contributed by atoms with E-state index in [0.717, 1.165) is 21.6 Å². The van der Waals surface area contributed by atoms with Crippen molar-refractivity contribution >= 4 is 41.3 Å². The fourth-order valence-electron chi connectivity index (χ4n) is 4.14. The summed E-state index contributed by atoms with van der Waals surface area (Å²) in [5.74, 6) is 0.745. The first kappa shape index (κ1) is 30.3. The van der Waals surface area contributed by atoms with Crippen LogP contribution in [0.15, 0.2) is 151 Å². The number of nitrogens with one attached hydrogen (secondary N) is 2. The summed E-state index contributed by atoms with van der Waals surface area (Å²) in [7, 11) is -5.92. The largest absolute Gasteiger partial charge is 0.412 e. The van der Waals surface area contributed by atoms with E-state index in [2.05, 4.69) is 19.9 Å². The minimum absolute atomic E-state index is 0.